The lowest BCUT2D eigenvalue weighted by Crippen LogP contribution is -2.33. The second-order valence-electron chi connectivity index (χ2n) is 6.53. The molecule has 142 valence electrons. The number of para-hydroxylation sites is 1. The van der Waals surface area contributed by atoms with Crippen molar-refractivity contribution in [3.05, 3.63) is 59.7 Å². The molecular formula is C18H18N2O5S2. The Bertz CT molecular complexity index is 1130. The maximum atomic E-state index is 13.1. The van der Waals surface area contributed by atoms with Crippen molar-refractivity contribution in [3.63, 3.8) is 0 Å². The first-order chi connectivity index (χ1) is 12.8. The van der Waals surface area contributed by atoms with Gasteiger partial charge in [-0.3, -0.25) is 9.10 Å². The maximum absolute atomic E-state index is 13.1. The van der Waals surface area contributed by atoms with Crippen molar-refractivity contribution < 1.29 is 21.6 Å². The number of hydrogen-bond donors (Lipinski definition) is 0. The van der Waals surface area contributed by atoms with Crippen LogP contribution in [0.2, 0.25) is 0 Å². The van der Waals surface area contributed by atoms with E-state index in [0.717, 1.165) is 9.87 Å². The quantitative estimate of drug-likeness (QED) is 0.772. The molecule has 0 atom stereocenters. The van der Waals surface area contributed by atoms with Crippen molar-refractivity contribution in [1.29, 1.82) is 0 Å². The molecule has 7 nitrogen and oxygen atoms in total. The van der Waals surface area contributed by atoms with E-state index in [1.54, 1.807) is 12.1 Å². The summed E-state index contributed by atoms with van der Waals surface area (Å²) in [6.07, 6.45) is 1.01. The Labute approximate surface area is 158 Å². The Morgan fingerprint density at radius 3 is 2.52 bits per heavy atom. The molecule has 0 spiro atoms. The molecule has 0 N–H and O–H groups in total. The number of benzene rings is 2. The zero-order valence-corrected chi connectivity index (χ0v) is 16.0. The molecule has 2 aliphatic heterocycles. The highest BCUT2D eigenvalue weighted by Crippen LogP contribution is 2.33. The highest BCUT2D eigenvalue weighted by atomic mass is 32.2. The summed E-state index contributed by atoms with van der Waals surface area (Å²) in [6.45, 7) is 0.456. The molecule has 0 bridgehead atoms. The molecule has 2 aromatic carbocycles. The highest BCUT2D eigenvalue weighted by molar-refractivity contribution is 7.92. The van der Waals surface area contributed by atoms with Crippen LogP contribution in [0.4, 0.5) is 5.69 Å². The van der Waals surface area contributed by atoms with E-state index in [2.05, 4.69) is 0 Å². The Morgan fingerprint density at radius 1 is 1.00 bits per heavy atom. The van der Waals surface area contributed by atoms with Gasteiger partial charge in [0, 0.05) is 18.7 Å². The van der Waals surface area contributed by atoms with E-state index in [4.69, 9.17) is 0 Å². The molecule has 0 radical (unpaired) electrons. The number of carbonyl (C=O) groups is 1. The molecule has 1 amide bonds. The monoisotopic (exact) mass is 406 g/mol. The summed E-state index contributed by atoms with van der Waals surface area (Å²) in [5, 5.41) is 0. The van der Waals surface area contributed by atoms with Crippen molar-refractivity contribution in [3.8, 4) is 0 Å². The normalized spacial score (nSPS) is 18.5. The molecule has 9 heteroatoms. The first kappa shape index (κ1) is 18.0. The predicted octanol–water partition coefficient (Wildman–Crippen LogP) is 1.61. The number of rotatable bonds is 3. The summed E-state index contributed by atoms with van der Waals surface area (Å²) in [6, 6.07) is 12.9. The van der Waals surface area contributed by atoms with Crippen LogP contribution in [0.3, 0.4) is 0 Å². The number of amides is 1. The van der Waals surface area contributed by atoms with E-state index >= 15 is 0 Å². The van der Waals surface area contributed by atoms with E-state index in [9.17, 15) is 21.6 Å². The lowest BCUT2D eigenvalue weighted by atomic mass is 10.2. The average Bonchev–Trinajstić information content (AvgIpc) is 3.24. The van der Waals surface area contributed by atoms with Gasteiger partial charge in [-0.25, -0.2) is 21.1 Å². The molecule has 1 fully saturated rings. The van der Waals surface area contributed by atoms with Crippen LogP contribution in [0.15, 0.2) is 53.4 Å². The number of sulfonamides is 2. The van der Waals surface area contributed by atoms with Crippen LogP contribution in [0.1, 0.15) is 22.3 Å². The third-order valence-electron chi connectivity index (χ3n) is 4.84. The van der Waals surface area contributed by atoms with E-state index in [1.165, 1.54) is 28.6 Å². The van der Waals surface area contributed by atoms with Gasteiger partial charge in [0.25, 0.3) is 15.9 Å². The zero-order chi connectivity index (χ0) is 19.2. The van der Waals surface area contributed by atoms with Crippen LogP contribution < -0.4 is 4.31 Å². The van der Waals surface area contributed by atoms with E-state index in [0.29, 0.717) is 25.1 Å². The fourth-order valence-electron chi connectivity index (χ4n) is 3.49. The van der Waals surface area contributed by atoms with Crippen LogP contribution in [-0.2, 0) is 26.5 Å². The first-order valence-electron chi connectivity index (χ1n) is 8.56. The van der Waals surface area contributed by atoms with Crippen molar-refractivity contribution in [2.45, 2.75) is 17.7 Å². The van der Waals surface area contributed by atoms with Gasteiger partial charge < -0.3 is 0 Å². The van der Waals surface area contributed by atoms with E-state index in [1.807, 2.05) is 12.1 Å². The van der Waals surface area contributed by atoms with Gasteiger partial charge in [0.05, 0.1) is 16.3 Å². The Balaban J connectivity index is 1.70. The summed E-state index contributed by atoms with van der Waals surface area (Å²) in [4.78, 5) is 12.6. The molecule has 0 aromatic heterocycles. The minimum Gasteiger partial charge on any atom is -0.268 e. The minimum absolute atomic E-state index is 0.0263. The van der Waals surface area contributed by atoms with Crippen molar-refractivity contribution >= 4 is 31.6 Å². The van der Waals surface area contributed by atoms with Crippen LogP contribution in [-0.4, -0.2) is 45.9 Å². The smallest absolute Gasteiger partial charge is 0.267 e. The molecule has 2 aliphatic rings. The van der Waals surface area contributed by atoms with Gasteiger partial charge in [0.15, 0.2) is 0 Å². The molecule has 2 aromatic rings. The SMILES string of the molecule is O=C(c1cccc(S(=O)(=O)N2CCc3ccccc32)c1)N1CCCS1(=O)=O. The van der Waals surface area contributed by atoms with Gasteiger partial charge in [0.2, 0.25) is 10.0 Å². The van der Waals surface area contributed by atoms with E-state index < -0.39 is 26.0 Å². The van der Waals surface area contributed by atoms with Gasteiger partial charge in [0.1, 0.15) is 0 Å². The molecule has 2 heterocycles. The summed E-state index contributed by atoms with van der Waals surface area (Å²) in [5.74, 6) is -0.757. The standard InChI is InChI=1S/C18H18N2O5S2/c21-18(20-10-4-12-26(20,22)23)15-6-3-7-16(13-15)27(24,25)19-11-9-14-5-1-2-8-17(14)19/h1-3,5-8,13H,4,9-12H2. The second-order valence-corrected chi connectivity index (χ2v) is 10.4. The van der Waals surface area contributed by atoms with Crippen LogP contribution in [0.5, 0.6) is 0 Å². The highest BCUT2D eigenvalue weighted by Gasteiger charge is 2.35. The first-order valence-corrected chi connectivity index (χ1v) is 11.6. The number of hydrogen-bond acceptors (Lipinski definition) is 5. The minimum atomic E-state index is -3.85. The Hall–Kier alpha value is -2.39. The Morgan fingerprint density at radius 2 is 1.78 bits per heavy atom. The van der Waals surface area contributed by atoms with Crippen molar-refractivity contribution in [2.24, 2.45) is 0 Å². The average molecular weight is 406 g/mol. The fraction of sp³-hybridized carbons (Fsp3) is 0.278. The van der Waals surface area contributed by atoms with Gasteiger partial charge in [-0.05, 0) is 42.7 Å². The fourth-order valence-corrected chi connectivity index (χ4v) is 6.52. The van der Waals surface area contributed by atoms with Crippen molar-refractivity contribution in [1.82, 2.24) is 4.31 Å². The molecular weight excluding hydrogens is 388 g/mol. The lowest BCUT2D eigenvalue weighted by Gasteiger charge is -2.20. The summed E-state index contributed by atoms with van der Waals surface area (Å²) in [7, 11) is -7.46. The molecule has 1 saturated heterocycles. The molecule has 27 heavy (non-hydrogen) atoms. The predicted molar refractivity (Wildman–Crippen MR) is 101 cm³/mol. The molecule has 4 rings (SSSR count). The number of carbonyl (C=O) groups excluding carboxylic acids is 1. The van der Waals surface area contributed by atoms with Gasteiger partial charge in [-0.1, -0.05) is 24.3 Å². The lowest BCUT2D eigenvalue weighted by molar-refractivity contribution is 0.0869. The van der Waals surface area contributed by atoms with Gasteiger partial charge in [-0.2, -0.15) is 0 Å². The van der Waals surface area contributed by atoms with Crippen LogP contribution in [0.25, 0.3) is 0 Å². The largest absolute Gasteiger partial charge is 0.268 e. The third kappa shape index (κ3) is 3.00. The second kappa shape index (κ2) is 6.35. The van der Waals surface area contributed by atoms with Gasteiger partial charge >= 0.3 is 0 Å². The van der Waals surface area contributed by atoms with Crippen LogP contribution in [0, 0.1) is 0 Å². The topological polar surface area (TPSA) is 91.8 Å². The number of anilines is 1. The van der Waals surface area contributed by atoms with Gasteiger partial charge in [-0.15, -0.1) is 0 Å². The summed E-state index contributed by atoms with van der Waals surface area (Å²) >= 11 is 0. The molecule has 0 saturated carbocycles. The third-order valence-corrected chi connectivity index (χ3v) is 8.47. The van der Waals surface area contributed by atoms with Crippen molar-refractivity contribution in [2.75, 3.05) is 23.1 Å². The maximum Gasteiger partial charge on any atom is 0.267 e. The summed E-state index contributed by atoms with van der Waals surface area (Å²) in [5.41, 5.74) is 1.64. The summed E-state index contributed by atoms with van der Waals surface area (Å²) < 4.78 is 52.3. The van der Waals surface area contributed by atoms with Crippen LogP contribution >= 0.6 is 0 Å². The Kier molecular flexibility index (Phi) is 4.23. The molecule has 0 aliphatic carbocycles. The number of fused-ring (bicyclic) bond motifs is 1. The van der Waals surface area contributed by atoms with E-state index in [-0.39, 0.29) is 22.8 Å². The number of nitrogens with zero attached hydrogens (tertiary/aromatic N) is 2. The molecule has 0 unspecified atom stereocenters. The zero-order valence-electron chi connectivity index (χ0n) is 14.4.